The minimum absolute atomic E-state index is 0.0102. The molecule has 0 heterocycles. The lowest BCUT2D eigenvalue weighted by molar-refractivity contribution is 0.0947. The Bertz CT molecular complexity index is 1330. The smallest absolute Gasteiger partial charge is 0.251 e. The van der Waals surface area contributed by atoms with Gasteiger partial charge in [0.05, 0.1) is 51.4 Å². The molecule has 0 atom stereocenters. The molecular formula is C26H29ClN2O7S. The average molecular weight is 549 g/mol. The average Bonchev–Trinajstić information content (AvgIpc) is 2.89. The molecule has 37 heavy (non-hydrogen) atoms. The summed E-state index contributed by atoms with van der Waals surface area (Å²) in [5, 5.41) is 3.09. The van der Waals surface area contributed by atoms with Gasteiger partial charge in [0.15, 0.2) is 0 Å². The lowest BCUT2D eigenvalue weighted by Crippen LogP contribution is -2.30. The number of anilines is 1. The third-order valence-electron chi connectivity index (χ3n) is 5.36. The zero-order chi connectivity index (χ0) is 27.0. The Kier molecular flexibility index (Phi) is 9.48. The van der Waals surface area contributed by atoms with Gasteiger partial charge in [0.2, 0.25) is 10.0 Å². The van der Waals surface area contributed by atoms with Gasteiger partial charge in [0.25, 0.3) is 5.91 Å². The summed E-state index contributed by atoms with van der Waals surface area (Å²) in [7, 11) is 0.746. The number of methoxy groups -OCH3 is 3. The van der Waals surface area contributed by atoms with Gasteiger partial charge < -0.3 is 24.3 Å². The van der Waals surface area contributed by atoms with E-state index in [0.717, 1.165) is 6.26 Å². The minimum atomic E-state index is -3.70. The normalized spacial score (nSPS) is 10.9. The zero-order valence-corrected chi connectivity index (χ0v) is 22.6. The topological polar surface area (TPSA) is 103 Å². The van der Waals surface area contributed by atoms with Gasteiger partial charge in [-0.1, -0.05) is 29.8 Å². The molecule has 0 unspecified atom stereocenters. The van der Waals surface area contributed by atoms with Crippen molar-refractivity contribution in [2.75, 3.05) is 45.0 Å². The van der Waals surface area contributed by atoms with Gasteiger partial charge in [-0.05, 0) is 29.8 Å². The molecule has 0 radical (unpaired) electrons. The predicted molar refractivity (Wildman–Crippen MR) is 143 cm³/mol. The maximum absolute atomic E-state index is 12.7. The van der Waals surface area contributed by atoms with Crippen molar-refractivity contribution in [3.05, 3.63) is 76.8 Å². The van der Waals surface area contributed by atoms with E-state index in [1.807, 2.05) is 12.1 Å². The number of carbonyl (C=O) groups is 1. The van der Waals surface area contributed by atoms with Crippen LogP contribution in [-0.2, 0) is 16.6 Å². The minimum Gasteiger partial charge on any atom is -0.497 e. The van der Waals surface area contributed by atoms with E-state index in [-0.39, 0.29) is 30.5 Å². The van der Waals surface area contributed by atoms with Crippen LogP contribution in [0.15, 0.2) is 60.7 Å². The maximum atomic E-state index is 12.7. The number of nitrogens with zero attached hydrogens (tertiary/aromatic N) is 1. The fraction of sp³-hybridized carbons (Fsp3) is 0.269. The van der Waals surface area contributed by atoms with E-state index in [0.29, 0.717) is 39.9 Å². The second-order valence-corrected chi connectivity index (χ2v) is 10.2. The summed E-state index contributed by atoms with van der Waals surface area (Å²) >= 11 is 6.17. The van der Waals surface area contributed by atoms with E-state index >= 15 is 0 Å². The molecule has 1 amide bonds. The summed E-state index contributed by atoms with van der Waals surface area (Å²) in [6, 6.07) is 16.9. The van der Waals surface area contributed by atoms with Gasteiger partial charge in [-0.25, -0.2) is 8.42 Å². The highest BCUT2D eigenvalue weighted by Crippen LogP contribution is 2.39. The van der Waals surface area contributed by atoms with Crippen molar-refractivity contribution in [1.29, 1.82) is 0 Å². The second-order valence-electron chi connectivity index (χ2n) is 7.91. The molecule has 3 aromatic rings. The molecule has 0 saturated carbocycles. The molecule has 0 aromatic heterocycles. The Balaban J connectivity index is 1.66. The second kappa shape index (κ2) is 12.6. The quantitative estimate of drug-likeness (QED) is 0.339. The first-order valence-electron chi connectivity index (χ1n) is 11.2. The summed E-state index contributed by atoms with van der Waals surface area (Å²) in [4.78, 5) is 12.5. The molecule has 0 fully saturated rings. The highest BCUT2D eigenvalue weighted by molar-refractivity contribution is 7.92. The summed E-state index contributed by atoms with van der Waals surface area (Å²) in [6.45, 7) is 0.598. The summed E-state index contributed by atoms with van der Waals surface area (Å²) < 4.78 is 47.9. The van der Waals surface area contributed by atoms with E-state index < -0.39 is 10.0 Å². The number of nitrogens with one attached hydrogen (secondary N) is 1. The molecule has 0 aliphatic rings. The van der Waals surface area contributed by atoms with E-state index in [4.69, 9.17) is 30.5 Å². The van der Waals surface area contributed by atoms with Crippen LogP contribution in [0, 0.1) is 0 Å². The number of hydrogen-bond acceptors (Lipinski definition) is 7. The van der Waals surface area contributed by atoms with Crippen LogP contribution in [0.5, 0.6) is 23.0 Å². The van der Waals surface area contributed by atoms with Crippen LogP contribution in [-0.4, -0.2) is 55.1 Å². The number of amides is 1. The molecule has 0 aliphatic heterocycles. The Morgan fingerprint density at radius 1 is 0.919 bits per heavy atom. The number of halogens is 1. The van der Waals surface area contributed by atoms with E-state index in [1.165, 1.54) is 30.7 Å². The molecule has 0 bridgehead atoms. The Labute approximate surface area is 221 Å². The largest absolute Gasteiger partial charge is 0.497 e. The third-order valence-corrected chi connectivity index (χ3v) is 6.78. The lowest BCUT2D eigenvalue weighted by Gasteiger charge is -2.25. The van der Waals surface area contributed by atoms with Gasteiger partial charge in [-0.15, -0.1) is 0 Å². The number of carbonyl (C=O) groups excluding carboxylic acids is 1. The van der Waals surface area contributed by atoms with Crippen molar-refractivity contribution in [3.8, 4) is 23.0 Å². The fourth-order valence-electron chi connectivity index (χ4n) is 3.47. The number of rotatable bonds is 12. The van der Waals surface area contributed by atoms with Gasteiger partial charge in [0, 0.05) is 23.8 Å². The van der Waals surface area contributed by atoms with Crippen molar-refractivity contribution in [2.45, 2.75) is 6.54 Å². The van der Waals surface area contributed by atoms with E-state index in [1.54, 1.807) is 43.5 Å². The Hall–Kier alpha value is -3.63. The Morgan fingerprint density at radius 2 is 1.59 bits per heavy atom. The van der Waals surface area contributed by atoms with Crippen LogP contribution in [0.1, 0.15) is 15.9 Å². The third kappa shape index (κ3) is 7.43. The van der Waals surface area contributed by atoms with Gasteiger partial charge >= 0.3 is 0 Å². The lowest BCUT2D eigenvalue weighted by atomic mass is 10.1. The van der Waals surface area contributed by atoms with Crippen molar-refractivity contribution in [2.24, 2.45) is 0 Å². The molecule has 0 spiro atoms. The van der Waals surface area contributed by atoms with Crippen LogP contribution in [0.4, 0.5) is 5.69 Å². The van der Waals surface area contributed by atoms with Gasteiger partial charge in [-0.2, -0.15) is 0 Å². The molecule has 9 nitrogen and oxygen atoms in total. The van der Waals surface area contributed by atoms with Crippen LogP contribution in [0.2, 0.25) is 5.02 Å². The van der Waals surface area contributed by atoms with Crippen molar-refractivity contribution < 1.29 is 32.2 Å². The van der Waals surface area contributed by atoms with E-state index in [2.05, 4.69) is 5.32 Å². The first-order chi connectivity index (χ1) is 17.7. The van der Waals surface area contributed by atoms with Crippen molar-refractivity contribution in [1.82, 2.24) is 5.32 Å². The number of sulfonamides is 1. The molecule has 1 N–H and O–H groups in total. The van der Waals surface area contributed by atoms with Gasteiger partial charge in [-0.3, -0.25) is 9.10 Å². The number of ether oxygens (including phenoxy) is 4. The Morgan fingerprint density at radius 3 is 2.22 bits per heavy atom. The molecule has 3 aromatic carbocycles. The maximum Gasteiger partial charge on any atom is 0.251 e. The molecule has 0 aliphatic carbocycles. The first kappa shape index (κ1) is 27.9. The SMILES string of the molecule is COc1cccc(OCCNC(=O)c2ccc(CN(c3cc(OC)c(Cl)cc3OC)S(C)(=O)=O)cc2)c1. The molecule has 3 rings (SSSR count). The highest BCUT2D eigenvalue weighted by atomic mass is 35.5. The van der Waals surface area contributed by atoms with Crippen LogP contribution in [0.25, 0.3) is 0 Å². The molecule has 198 valence electrons. The molecule has 11 heteroatoms. The van der Waals surface area contributed by atoms with Crippen LogP contribution < -0.4 is 28.6 Å². The number of hydrogen-bond donors (Lipinski definition) is 1. The summed E-state index contributed by atoms with van der Waals surface area (Å²) in [5.41, 5.74) is 1.38. The predicted octanol–water partition coefficient (Wildman–Crippen LogP) is 4.14. The van der Waals surface area contributed by atoms with Crippen molar-refractivity contribution >= 4 is 33.2 Å². The van der Waals surface area contributed by atoms with Crippen LogP contribution in [0.3, 0.4) is 0 Å². The molecule has 0 saturated heterocycles. The summed E-state index contributed by atoms with van der Waals surface area (Å²) in [6.07, 6.45) is 1.10. The van der Waals surface area contributed by atoms with E-state index in [9.17, 15) is 13.2 Å². The fourth-order valence-corrected chi connectivity index (χ4v) is 4.59. The molecular weight excluding hydrogens is 520 g/mol. The first-order valence-corrected chi connectivity index (χ1v) is 13.4. The monoisotopic (exact) mass is 548 g/mol. The van der Waals surface area contributed by atoms with Gasteiger partial charge in [0.1, 0.15) is 29.6 Å². The highest BCUT2D eigenvalue weighted by Gasteiger charge is 2.24. The summed E-state index contributed by atoms with van der Waals surface area (Å²) in [5.74, 6) is 1.65. The zero-order valence-electron chi connectivity index (χ0n) is 21.0. The standard InChI is InChI=1S/C26H29ClN2O7S/c1-33-20-6-5-7-21(14-20)36-13-12-28-26(30)19-10-8-18(9-11-19)17-29(37(4,31)32)23-16-24(34-2)22(27)15-25(23)35-3/h5-11,14-16H,12-13,17H2,1-4H3,(H,28,30). The van der Waals surface area contributed by atoms with Crippen LogP contribution >= 0.6 is 11.6 Å². The van der Waals surface area contributed by atoms with Crippen molar-refractivity contribution in [3.63, 3.8) is 0 Å². The number of benzene rings is 3.